The van der Waals surface area contributed by atoms with Gasteiger partial charge in [-0.25, -0.2) is 0 Å². The highest BCUT2D eigenvalue weighted by Crippen LogP contribution is 2.11. The summed E-state index contributed by atoms with van der Waals surface area (Å²) in [5.41, 5.74) is 0. The van der Waals surface area contributed by atoms with Gasteiger partial charge >= 0.3 is 0 Å². The van der Waals surface area contributed by atoms with Crippen LogP contribution in [0.3, 0.4) is 0 Å². The molecule has 2 atom stereocenters. The smallest absolute Gasteiger partial charge is 0.0967 e. The van der Waals surface area contributed by atoms with Gasteiger partial charge in [-0.15, -0.1) is 6.42 Å². The number of likely N-dealkylation sites (N-methyl/N-ethyl adjacent to an activating group) is 1. The van der Waals surface area contributed by atoms with E-state index in [-0.39, 0.29) is 12.1 Å². The van der Waals surface area contributed by atoms with E-state index < -0.39 is 0 Å². The van der Waals surface area contributed by atoms with Crippen molar-refractivity contribution in [1.29, 1.82) is 0 Å². The first kappa shape index (κ1) is 12.5. The summed E-state index contributed by atoms with van der Waals surface area (Å²) in [6.45, 7) is 10.1. The van der Waals surface area contributed by atoms with E-state index in [1.54, 1.807) is 0 Å². The van der Waals surface area contributed by atoms with Crippen LogP contribution in [-0.2, 0) is 4.74 Å². The normalized spacial score (nSPS) is 25.1. The highest BCUT2D eigenvalue weighted by Gasteiger charge is 2.27. The number of rotatable bonds is 4. The van der Waals surface area contributed by atoms with Crippen LogP contribution < -0.4 is 5.32 Å². The van der Waals surface area contributed by atoms with Crippen LogP contribution in [0.2, 0.25) is 0 Å². The zero-order valence-electron chi connectivity index (χ0n) is 9.99. The maximum absolute atomic E-state index is 5.72. The van der Waals surface area contributed by atoms with Crippen LogP contribution in [0.15, 0.2) is 0 Å². The maximum atomic E-state index is 5.72. The molecule has 2 unspecified atom stereocenters. The van der Waals surface area contributed by atoms with Gasteiger partial charge in [0.2, 0.25) is 0 Å². The van der Waals surface area contributed by atoms with Gasteiger partial charge in [-0.05, 0) is 20.4 Å². The molecule has 86 valence electrons. The second kappa shape index (κ2) is 6.12. The Morgan fingerprint density at radius 2 is 2.33 bits per heavy atom. The summed E-state index contributed by atoms with van der Waals surface area (Å²) >= 11 is 0. The molecular weight excluding hydrogens is 188 g/mol. The van der Waals surface area contributed by atoms with Gasteiger partial charge in [0.25, 0.3) is 0 Å². The van der Waals surface area contributed by atoms with E-state index in [1.165, 1.54) is 0 Å². The lowest BCUT2D eigenvalue weighted by Crippen LogP contribution is -2.53. The highest BCUT2D eigenvalue weighted by atomic mass is 16.5. The molecule has 3 heteroatoms. The molecule has 3 nitrogen and oxygen atoms in total. The Kier molecular flexibility index (Phi) is 5.10. The number of ether oxygens (including phenoxy) is 1. The van der Waals surface area contributed by atoms with E-state index in [0.717, 1.165) is 26.2 Å². The first-order chi connectivity index (χ1) is 7.19. The number of hydrogen-bond acceptors (Lipinski definition) is 3. The minimum atomic E-state index is 0.0385. The molecule has 1 aliphatic rings. The Balaban J connectivity index is 2.51. The molecule has 1 heterocycles. The fourth-order valence-electron chi connectivity index (χ4n) is 1.88. The third kappa shape index (κ3) is 3.49. The third-order valence-corrected chi connectivity index (χ3v) is 2.83. The number of nitrogens with one attached hydrogen (secondary N) is 1. The molecule has 0 aromatic heterocycles. The van der Waals surface area contributed by atoms with Crippen LogP contribution in [0.1, 0.15) is 20.8 Å². The monoisotopic (exact) mass is 210 g/mol. The van der Waals surface area contributed by atoms with Gasteiger partial charge in [0.05, 0.1) is 18.8 Å². The summed E-state index contributed by atoms with van der Waals surface area (Å²) in [4.78, 5) is 2.41. The van der Waals surface area contributed by atoms with Crippen LogP contribution in [0.4, 0.5) is 0 Å². The molecule has 1 fully saturated rings. The molecule has 1 saturated heterocycles. The molecule has 1 rings (SSSR count). The first-order valence-corrected chi connectivity index (χ1v) is 5.74. The van der Waals surface area contributed by atoms with Gasteiger partial charge in [-0.1, -0.05) is 12.8 Å². The predicted octanol–water partition coefficient (Wildman–Crippen LogP) is 0.707. The van der Waals surface area contributed by atoms with E-state index in [2.05, 4.69) is 36.9 Å². The highest BCUT2D eigenvalue weighted by molar-refractivity contribution is 5.04. The van der Waals surface area contributed by atoms with Gasteiger partial charge in [-0.2, -0.15) is 0 Å². The van der Waals surface area contributed by atoms with Gasteiger partial charge < -0.3 is 10.1 Å². The predicted molar refractivity (Wildman–Crippen MR) is 62.7 cm³/mol. The molecule has 1 aliphatic heterocycles. The molecular formula is C12H22N2O. The van der Waals surface area contributed by atoms with Crippen molar-refractivity contribution in [2.45, 2.75) is 39.0 Å². The standard InChI is InChI=1S/C12H22N2O/c1-5-11(13-6-2)12-9-14(10(3)4)7-8-15-12/h1,10-13H,6-9H2,2-4H3. The largest absolute Gasteiger partial charge is 0.373 e. The van der Waals surface area contributed by atoms with Crippen molar-refractivity contribution in [3.05, 3.63) is 0 Å². The zero-order valence-corrected chi connectivity index (χ0v) is 9.99. The van der Waals surface area contributed by atoms with Crippen molar-refractivity contribution < 1.29 is 4.74 Å². The maximum Gasteiger partial charge on any atom is 0.0967 e. The van der Waals surface area contributed by atoms with Gasteiger partial charge in [-0.3, -0.25) is 4.90 Å². The molecule has 0 saturated carbocycles. The lowest BCUT2D eigenvalue weighted by atomic mass is 10.1. The SMILES string of the molecule is C#CC(NCC)C1CN(C(C)C)CCO1. The number of terminal acetylenes is 1. The van der Waals surface area contributed by atoms with Gasteiger partial charge in [0.15, 0.2) is 0 Å². The van der Waals surface area contributed by atoms with Crippen LogP contribution in [0.25, 0.3) is 0 Å². The van der Waals surface area contributed by atoms with E-state index in [9.17, 15) is 0 Å². The zero-order chi connectivity index (χ0) is 11.3. The quantitative estimate of drug-likeness (QED) is 0.692. The van der Waals surface area contributed by atoms with E-state index in [4.69, 9.17) is 11.2 Å². The Hall–Kier alpha value is -0.560. The van der Waals surface area contributed by atoms with Gasteiger partial charge in [0.1, 0.15) is 0 Å². The topological polar surface area (TPSA) is 24.5 Å². The fraction of sp³-hybridized carbons (Fsp3) is 0.833. The molecule has 0 amide bonds. The summed E-state index contributed by atoms with van der Waals surface area (Å²) < 4.78 is 5.72. The van der Waals surface area contributed by atoms with E-state index in [0.29, 0.717) is 6.04 Å². The van der Waals surface area contributed by atoms with Crippen LogP contribution >= 0.6 is 0 Å². The molecule has 0 spiro atoms. The molecule has 0 aromatic rings. The van der Waals surface area contributed by atoms with Gasteiger partial charge in [0, 0.05) is 19.1 Å². The Morgan fingerprint density at radius 1 is 1.60 bits per heavy atom. The molecule has 0 bridgehead atoms. The van der Waals surface area contributed by atoms with Crippen molar-refractivity contribution in [2.24, 2.45) is 0 Å². The van der Waals surface area contributed by atoms with Crippen LogP contribution in [0, 0.1) is 12.3 Å². The summed E-state index contributed by atoms with van der Waals surface area (Å²) in [5, 5.41) is 3.27. The summed E-state index contributed by atoms with van der Waals surface area (Å²) in [5.74, 6) is 2.77. The van der Waals surface area contributed by atoms with Crippen molar-refractivity contribution in [1.82, 2.24) is 10.2 Å². The Morgan fingerprint density at radius 3 is 2.87 bits per heavy atom. The van der Waals surface area contributed by atoms with Crippen molar-refractivity contribution in [2.75, 3.05) is 26.2 Å². The van der Waals surface area contributed by atoms with Crippen molar-refractivity contribution in [3.63, 3.8) is 0 Å². The molecule has 0 aliphatic carbocycles. The summed E-state index contributed by atoms with van der Waals surface area (Å²) in [6.07, 6.45) is 5.63. The molecule has 0 aromatic carbocycles. The molecule has 1 N–H and O–H groups in total. The molecule has 15 heavy (non-hydrogen) atoms. The second-order valence-corrected chi connectivity index (χ2v) is 4.20. The number of hydrogen-bond donors (Lipinski definition) is 1. The van der Waals surface area contributed by atoms with Crippen LogP contribution in [0.5, 0.6) is 0 Å². The van der Waals surface area contributed by atoms with Crippen molar-refractivity contribution >= 4 is 0 Å². The van der Waals surface area contributed by atoms with Crippen molar-refractivity contribution in [3.8, 4) is 12.3 Å². The number of morpholine rings is 1. The lowest BCUT2D eigenvalue weighted by molar-refractivity contribution is -0.0466. The lowest BCUT2D eigenvalue weighted by Gasteiger charge is -2.37. The van der Waals surface area contributed by atoms with E-state index in [1.807, 2.05) is 0 Å². The third-order valence-electron chi connectivity index (χ3n) is 2.83. The fourth-order valence-corrected chi connectivity index (χ4v) is 1.88. The van der Waals surface area contributed by atoms with E-state index >= 15 is 0 Å². The first-order valence-electron chi connectivity index (χ1n) is 5.74. The Bertz CT molecular complexity index is 222. The number of nitrogens with zero attached hydrogens (tertiary/aromatic N) is 1. The second-order valence-electron chi connectivity index (χ2n) is 4.20. The average Bonchev–Trinajstić information content (AvgIpc) is 2.26. The minimum absolute atomic E-state index is 0.0385. The Labute approximate surface area is 93.2 Å². The average molecular weight is 210 g/mol. The summed E-state index contributed by atoms with van der Waals surface area (Å²) in [7, 11) is 0. The summed E-state index contributed by atoms with van der Waals surface area (Å²) in [6, 6.07) is 0.605. The van der Waals surface area contributed by atoms with Crippen LogP contribution in [-0.4, -0.2) is 49.3 Å². The molecule has 0 radical (unpaired) electrons. The minimum Gasteiger partial charge on any atom is -0.373 e.